The molecule has 0 heterocycles. The van der Waals surface area contributed by atoms with Crippen molar-refractivity contribution in [3.05, 3.63) is 39.8 Å². The number of hydrogen-bond donors (Lipinski definition) is 2. The molecule has 0 atom stereocenters. The molecule has 0 saturated carbocycles. The summed E-state index contributed by atoms with van der Waals surface area (Å²) in [6.07, 6.45) is 0.850. The van der Waals surface area contributed by atoms with Crippen molar-refractivity contribution in [1.82, 2.24) is 5.32 Å². The minimum absolute atomic E-state index is 0.0231. The average Bonchev–Trinajstić information content (AvgIpc) is 2.82. The van der Waals surface area contributed by atoms with Gasteiger partial charge in [0.05, 0.1) is 39.6 Å². The van der Waals surface area contributed by atoms with Crippen molar-refractivity contribution in [2.45, 2.75) is 33.1 Å². The number of amides is 2. The number of rotatable bonds is 18. The first-order chi connectivity index (χ1) is 16.0. The van der Waals surface area contributed by atoms with Crippen molar-refractivity contribution in [1.29, 1.82) is 0 Å². The van der Waals surface area contributed by atoms with E-state index in [0.29, 0.717) is 82.4 Å². The van der Waals surface area contributed by atoms with E-state index in [0.717, 1.165) is 0 Å². The summed E-state index contributed by atoms with van der Waals surface area (Å²) < 4.78 is 16.0. The molecule has 0 aliphatic rings. The van der Waals surface area contributed by atoms with E-state index in [1.807, 2.05) is 0 Å². The number of hydrogen-bond acceptors (Lipinski definition) is 7. The van der Waals surface area contributed by atoms with Gasteiger partial charge >= 0.3 is 0 Å². The van der Waals surface area contributed by atoms with Crippen LogP contribution in [0.25, 0.3) is 10.4 Å². The Kier molecular flexibility index (Phi) is 14.9. The number of carbonyl (C=O) groups is 3. The Labute approximate surface area is 193 Å². The molecule has 11 heteroatoms. The molecule has 11 nitrogen and oxygen atoms in total. The predicted octanol–water partition coefficient (Wildman–Crippen LogP) is 2.65. The van der Waals surface area contributed by atoms with Crippen LogP contribution in [0.3, 0.4) is 0 Å². The Balaban J connectivity index is 2.33. The molecule has 2 N–H and O–H groups in total. The van der Waals surface area contributed by atoms with Crippen LogP contribution in [0.4, 0.5) is 5.69 Å². The number of ketones is 1. The summed E-state index contributed by atoms with van der Waals surface area (Å²) in [5.74, 6) is -0.419. The lowest BCUT2D eigenvalue weighted by atomic mass is 10.0. The summed E-state index contributed by atoms with van der Waals surface area (Å²) in [4.78, 5) is 38.7. The number of nitrogens with zero attached hydrogens (tertiary/aromatic N) is 3. The van der Waals surface area contributed by atoms with E-state index in [-0.39, 0.29) is 24.0 Å². The highest BCUT2D eigenvalue weighted by Crippen LogP contribution is 2.19. The van der Waals surface area contributed by atoms with Gasteiger partial charge in [0.15, 0.2) is 0 Å². The molecule has 0 unspecified atom stereocenters. The van der Waals surface area contributed by atoms with Crippen molar-refractivity contribution in [2.24, 2.45) is 5.11 Å². The van der Waals surface area contributed by atoms with Gasteiger partial charge in [0.2, 0.25) is 5.91 Å². The number of carbonyl (C=O) groups excluding carboxylic acids is 3. The molecule has 2 amide bonds. The maximum Gasteiger partial charge on any atom is 0.251 e. The molecule has 0 bridgehead atoms. The lowest BCUT2D eigenvalue weighted by molar-refractivity contribution is -0.118. The standard InChI is InChI=1S/C22H33N5O6/c1-3-19(28)16-18-15-17(5-6-20(18)26-21(29)4-2)22(30)24-7-9-31-11-13-33-14-12-32-10-8-25-27-23/h5-6,15H,3-4,7-14,16H2,1-2H3,(H,24,30)(H,26,29). The molecule has 0 aromatic heterocycles. The van der Waals surface area contributed by atoms with E-state index in [4.69, 9.17) is 19.7 Å². The van der Waals surface area contributed by atoms with Gasteiger partial charge in [-0.3, -0.25) is 14.4 Å². The third-order valence-corrected chi connectivity index (χ3v) is 4.42. The normalized spacial score (nSPS) is 10.4. The molecule has 33 heavy (non-hydrogen) atoms. The number of anilines is 1. The Hall–Kier alpha value is -2.98. The van der Waals surface area contributed by atoms with Crippen molar-refractivity contribution >= 4 is 23.3 Å². The summed E-state index contributed by atoms with van der Waals surface area (Å²) in [7, 11) is 0. The first-order valence-corrected chi connectivity index (χ1v) is 11.0. The van der Waals surface area contributed by atoms with Crippen LogP contribution in [0.15, 0.2) is 23.3 Å². The van der Waals surface area contributed by atoms with Crippen molar-refractivity contribution in [3.63, 3.8) is 0 Å². The van der Waals surface area contributed by atoms with Crippen LogP contribution in [-0.2, 0) is 30.2 Å². The van der Waals surface area contributed by atoms with Crippen LogP contribution in [0, 0.1) is 0 Å². The summed E-state index contributed by atoms with van der Waals surface area (Å²) in [6, 6.07) is 4.90. The average molecular weight is 464 g/mol. The Morgan fingerprint density at radius 3 is 2.27 bits per heavy atom. The van der Waals surface area contributed by atoms with Gasteiger partial charge in [-0.2, -0.15) is 0 Å². The zero-order chi connectivity index (χ0) is 24.3. The molecular weight excluding hydrogens is 430 g/mol. The molecule has 1 aromatic rings. The highest BCUT2D eigenvalue weighted by molar-refractivity contribution is 5.97. The topological polar surface area (TPSA) is 152 Å². The smallest absolute Gasteiger partial charge is 0.251 e. The summed E-state index contributed by atoms with van der Waals surface area (Å²) in [6.45, 7) is 6.40. The van der Waals surface area contributed by atoms with Crippen LogP contribution in [0.1, 0.15) is 42.6 Å². The van der Waals surface area contributed by atoms with E-state index < -0.39 is 0 Å². The number of ether oxygens (including phenoxy) is 3. The monoisotopic (exact) mass is 463 g/mol. The zero-order valence-corrected chi connectivity index (χ0v) is 19.3. The van der Waals surface area contributed by atoms with Crippen LogP contribution >= 0.6 is 0 Å². The molecule has 0 aliphatic heterocycles. The molecule has 0 aliphatic carbocycles. The Morgan fingerprint density at radius 2 is 1.64 bits per heavy atom. The lowest BCUT2D eigenvalue weighted by Crippen LogP contribution is -2.28. The second-order valence-electron chi connectivity index (χ2n) is 6.89. The van der Waals surface area contributed by atoms with E-state index in [1.165, 1.54) is 0 Å². The SMILES string of the molecule is CCC(=O)Cc1cc(C(=O)NCCOCCOCCOCCN=[N+]=[N-])ccc1NC(=O)CC. The molecular formula is C22H33N5O6. The van der Waals surface area contributed by atoms with Gasteiger partial charge in [-0.1, -0.05) is 19.0 Å². The van der Waals surface area contributed by atoms with Gasteiger partial charge in [0.25, 0.3) is 5.91 Å². The van der Waals surface area contributed by atoms with E-state index in [1.54, 1.807) is 32.0 Å². The molecule has 0 fully saturated rings. The summed E-state index contributed by atoms with van der Waals surface area (Å²) in [5.41, 5.74) is 9.70. The lowest BCUT2D eigenvalue weighted by Gasteiger charge is -2.13. The van der Waals surface area contributed by atoms with Crippen molar-refractivity contribution < 1.29 is 28.6 Å². The van der Waals surface area contributed by atoms with E-state index in [9.17, 15) is 14.4 Å². The van der Waals surface area contributed by atoms with Crippen LogP contribution < -0.4 is 10.6 Å². The van der Waals surface area contributed by atoms with Gasteiger partial charge in [0, 0.05) is 48.5 Å². The van der Waals surface area contributed by atoms with Crippen LogP contribution in [-0.4, -0.2) is 70.3 Å². The van der Waals surface area contributed by atoms with Gasteiger partial charge in [0.1, 0.15) is 5.78 Å². The maximum atomic E-state index is 12.4. The second-order valence-corrected chi connectivity index (χ2v) is 6.89. The van der Waals surface area contributed by atoms with Gasteiger partial charge in [-0.25, -0.2) is 0 Å². The largest absolute Gasteiger partial charge is 0.379 e. The van der Waals surface area contributed by atoms with E-state index >= 15 is 0 Å². The molecule has 0 saturated heterocycles. The zero-order valence-electron chi connectivity index (χ0n) is 19.3. The molecule has 1 rings (SSSR count). The number of nitrogens with one attached hydrogen (secondary N) is 2. The fraction of sp³-hybridized carbons (Fsp3) is 0.591. The minimum atomic E-state index is -0.286. The molecule has 1 aromatic carbocycles. The predicted molar refractivity (Wildman–Crippen MR) is 123 cm³/mol. The van der Waals surface area contributed by atoms with Gasteiger partial charge in [-0.05, 0) is 29.3 Å². The summed E-state index contributed by atoms with van der Waals surface area (Å²) >= 11 is 0. The minimum Gasteiger partial charge on any atom is -0.379 e. The molecule has 0 radical (unpaired) electrons. The highest BCUT2D eigenvalue weighted by Gasteiger charge is 2.13. The maximum absolute atomic E-state index is 12.4. The van der Waals surface area contributed by atoms with Crippen molar-refractivity contribution in [2.75, 3.05) is 58.0 Å². The third kappa shape index (κ3) is 12.6. The molecule has 182 valence electrons. The van der Waals surface area contributed by atoms with Crippen molar-refractivity contribution in [3.8, 4) is 0 Å². The fourth-order valence-electron chi connectivity index (χ4n) is 2.61. The quantitative estimate of drug-likeness (QED) is 0.148. The number of benzene rings is 1. The van der Waals surface area contributed by atoms with Gasteiger partial charge in [-0.15, -0.1) is 0 Å². The number of Topliss-reactive ketones (excluding diaryl/α,β-unsaturated/α-hetero) is 1. The highest BCUT2D eigenvalue weighted by atomic mass is 16.5. The fourth-order valence-corrected chi connectivity index (χ4v) is 2.61. The van der Waals surface area contributed by atoms with Crippen LogP contribution in [0.2, 0.25) is 0 Å². The molecule has 0 spiro atoms. The third-order valence-electron chi connectivity index (χ3n) is 4.42. The first-order valence-electron chi connectivity index (χ1n) is 11.0. The van der Waals surface area contributed by atoms with Crippen LogP contribution in [0.5, 0.6) is 0 Å². The first kappa shape index (κ1) is 28.1. The second kappa shape index (κ2) is 17.6. The van der Waals surface area contributed by atoms with Gasteiger partial charge < -0.3 is 24.8 Å². The number of azide groups is 1. The summed E-state index contributed by atoms with van der Waals surface area (Å²) in [5, 5.41) is 8.89. The van der Waals surface area contributed by atoms with E-state index in [2.05, 4.69) is 20.7 Å². The Bertz CT molecular complexity index is 810. The Morgan fingerprint density at radius 1 is 0.970 bits per heavy atom.